The molecule has 0 spiro atoms. The van der Waals surface area contributed by atoms with Crippen LogP contribution in [0.25, 0.3) is 11.3 Å². The Morgan fingerprint density at radius 2 is 2.05 bits per heavy atom. The highest BCUT2D eigenvalue weighted by Gasteiger charge is 2.25. The number of rotatable bonds is 3. The first-order valence-electron chi connectivity index (χ1n) is 5.59. The maximum atomic E-state index is 13.5. The molecule has 0 amide bonds. The molecule has 2 aromatic rings. The molecule has 1 N–H and O–H groups in total. The molecule has 0 unspecified atom stereocenters. The SMILES string of the molecule is Cc1cc(-c2ncccc2[N+](=O)[O-])c(S(=O)(=O)O)cc1F. The fourth-order valence-corrected chi connectivity index (χ4v) is 2.50. The van der Waals surface area contributed by atoms with Crippen molar-refractivity contribution in [3.05, 3.63) is 52.0 Å². The van der Waals surface area contributed by atoms with Gasteiger partial charge in [0, 0.05) is 17.8 Å². The van der Waals surface area contributed by atoms with Crippen LogP contribution in [-0.4, -0.2) is 22.9 Å². The molecule has 0 aliphatic carbocycles. The molecule has 2 rings (SSSR count). The molecule has 0 aliphatic rings. The molecule has 0 saturated heterocycles. The highest BCUT2D eigenvalue weighted by atomic mass is 32.2. The predicted molar refractivity (Wildman–Crippen MR) is 70.8 cm³/mol. The summed E-state index contributed by atoms with van der Waals surface area (Å²) in [5.74, 6) is -0.857. The van der Waals surface area contributed by atoms with Gasteiger partial charge >= 0.3 is 0 Å². The van der Waals surface area contributed by atoms with Gasteiger partial charge in [0.1, 0.15) is 16.4 Å². The molecule has 9 heteroatoms. The van der Waals surface area contributed by atoms with Gasteiger partial charge in [-0.3, -0.25) is 14.7 Å². The molecule has 21 heavy (non-hydrogen) atoms. The van der Waals surface area contributed by atoms with Gasteiger partial charge in [-0.15, -0.1) is 0 Å². The second-order valence-electron chi connectivity index (χ2n) is 4.20. The summed E-state index contributed by atoms with van der Waals surface area (Å²) in [6.07, 6.45) is 1.23. The van der Waals surface area contributed by atoms with Gasteiger partial charge in [0.05, 0.1) is 4.92 Å². The average Bonchev–Trinajstić information content (AvgIpc) is 2.40. The van der Waals surface area contributed by atoms with Gasteiger partial charge in [0.15, 0.2) is 0 Å². The molecule has 0 radical (unpaired) electrons. The van der Waals surface area contributed by atoms with Crippen LogP contribution < -0.4 is 0 Å². The van der Waals surface area contributed by atoms with Gasteiger partial charge in [0.2, 0.25) is 0 Å². The first-order valence-corrected chi connectivity index (χ1v) is 7.03. The van der Waals surface area contributed by atoms with Crippen molar-refractivity contribution in [2.45, 2.75) is 11.8 Å². The highest BCUT2D eigenvalue weighted by molar-refractivity contribution is 7.86. The Balaban J connectivity index is 2.87. The van der Waals surface area contributed by atoms with Gasteiger partial charge in [-0.05, 0) is 30.7 Å². The molecule has 1 aromatic carbocycles. The van der Waals surface area contributed by atoms with Crippen LogP contribution in [0.1, 0.15) is 5.56 Å². The number of benzene rings is 1. The van der Waals surface area contributed by atoms with Crippen LogP contribution in [0.15, 0.2) is 35.4 Å². The van der Waals surface area contributed by atoms with E-state index in [2.05, 4.69) is 4.98 Å². The summed E-state index contributed by atoms with van der Waals surface area (Å²) in [5.41, 5.74) is -0.882. The minimum absolute atomic E-state index is 0.0670. The van der Waals surface area contributed by atoms with Crippen molar-refractivity contribution in [1.29, 1.82) is 0 Å². The van der Waals surface area contributed by atoms with Crippen molar-refractivity contribution >= 4 is 15.8 Å². The summed E-state index contributed by atoms with van der Waals surface area (Å²) in [4.78, 5) is 13.3. The Hall–Kier alpha value is -2.39. The van der Waals surface area contributed by atoms with Crippen LogP contribution in [0.4, 0.5) is 10.1 Å². The third kappa shape index (κ3) is 2.88. The lowest BCUT2D eigenvalue weighted by Gasteiger charge is -2.09. The average molecular weight is 312 g/mol. The monoisotopic (exact) mass is 312 g/mol. The lowest BCUT2D eigenvalue weighted by molar-refractivity contribution is -0.384. The van der Waals surface area contributed by atoms with E-state index in [1.807, 2.05) is 0 Å². The molecule has 0 fully saturated rings. The summed E-state index contributed by atoms with van der Waals surface area (Å²) in [5, 5.41) is 11.0. The number of hydrogen-bond acceptors (Lipinski definition) is 5. The van der Waals surface area contributed by atoms with Crippen molar-refractivity contribution in [2.24, 2.45) is 0 Å². The Morgan fingerprint density at radius 1 is 1.38 bits per heavy atom. The van der Waals surface area contributed by atoms with Crippen molar-refractivity contribution in [1.82, 2.24) is 4.98 Å². The Labute approximate surface area is 119 Å². The zero-order valence-corrected chi connectivity index (χ0v) is 11.5. The van der Waals surface area contributed by atoms with E-state index in [1.165, 1.54) is 19.2 Å². The zero-order chi connectivity index (χ0) is 15.8. The third-order valence-corrected chi connectivity index (χ3v) is 3.67. The van der Waals surface area contributed by atoms with E-state index < -0.39 is 31.4 Å². The minimum atomic E-state index is -4.77. The summed E-state index contributed by atoms with van der Waals surface area (Å²) in [6, 6.07) is 4.14. The van der Waals surface area contributed by atoms with Crippen LogP contribution in [0.2, 0.25) is 0 Å². The fourth-order valence-electron chi connectivity index (χ4n) is 1.81. The number of aryl methyl sites for hydroxylation is 1. The van der Waals surface area contributed by atoms with Gasteiger partial charge in [-0.25, -0.2) is 9.37 Å². The smallest absolute Gasteiger partial charge is 0.282 e. The lowest BCUT2D eigenvalue weighted by atomic mass is 10.1. The molecule has 0 atom stereocenters. The summed E-state index contributed by atoms with van der Waals surface area (Å²) < 4.78 is 45.4. The fraction of sp³-hybridized carbons (Fsp3) is 0.0833. The van der Waals surface area contributed by atoms with Crippen LogP contribution in [0, 0.1) is 22.9 Å². The van der Waals surface area contributed by atoms with E-state index in [0.717, 1.165) is 12.1 Å². The third-order valence-electron chi connectivity index (χ3n) is 2.78. The van der Waals surface area contributed by atoms with Crippen molar-refractivity contribution in [3.8, 4) is 11.3 Å². The predicted octanol–water partition coefficient (Wildman–Crippen LogP) is 2.35. The Kier molecular flexibility index (Phi) is 3.71. The standard InChI is InChI=1S/C12H9FN2O5S/c1-7-5-8(11(6-9(7)13)21(18,19)20)12-10(15(16)17)3-2-4-14-12/h2-6H,1H3,(H,18,19,20). The summed E-state index contributed by atoms with van der Waals surface area (Å²) in [6.45, 7) is 1.36. The van der Waals surface area contributed by atoms with Gasteiger partial charge < -0.3 is 0 Å². The molecule has 1 aromatic heterocycles. The van der Waals surface area contributed by atoms with Crippen LogP contribution >= 0.6 is 0 Å². The summed E-state index contributed by atoms with van der Waals surface area (Å²) in [7, 11) is -4.77. The molecule has 0 saturated carbocycles. The number of halogens is 1. The van der Waals surface area contributed by atoms with Gasteiger partial charge in [-0.2, -0.15) is 8.42 Å². The molecule has 110 valence electrons. The Bertz CT molecular complexity index is 836. The first kappa shape index (κ1) is 15.0. The number of aromatic nitrogens is 1. The van der Waals surface area contributed by atoms with E-state index in [4.69, 9.17) is 0 Å². The molecule has 0 bridgehead atoms. The second kappa shape index (κ2) is 5.19. The maximum Gasteiger partial charge on any atom is 0.295 e. The molecular weight excluding hydrogens is 303 g/mol. The van der Waals surface area contributed by atoms with Crippen LogP contribution in [0.3, 0.4) is 0 Å². The molecule has 0 aliphatic heterocycles. The first-order chi connectivity index (χ1) is 9.71. The maximum absolute atomic E-state index is 13.5. The quantitative estimate of drug-likeness (QED) is 0.529. The zero-order valence-electron chi connectivity index (χ0n) is 10.6. The topological polar surface area (TPSA) is 110 Å². The van der Waals surface area contributed by atoms with Crippen LogP contribution in [0.5, 0.6) is 0 Å². The van der Waals surface area contributed by atoms with Gasteiger partial charge in [0.25, 0.3) is 15.8 Å². The molecule has 7 nitrogen and oxygen atoms in total. The largest absolute Gasteiger partial charge is 0.295 e. The number of hydrogen-bond donors (Lipinski definition) is 1. The van der Waals surface area contributed by atoms with E-state index >= 15 is 0 Å². The number of nitro groups is 1. The van der Waals surface area contributed by atoms with Crippen molar-refractivity contribution < 1.29 is 22.3 Å². The van der Waals surface area contributed by atoms with E-state index in [1.54, 1.807) is 0 Å². The second-order valence-corrected chi connectivity index (χ2v) is 5.59. The van der Waals surface area contributed by atoms with E-state index in [0.29, 0.717) is 6.07 Å². The van der Waals surface area contributed by atoms with Crippen molar-refractivity contribution in [3.63, 3.8) is 0 Å². The number of nitrogens with zero attached hydrogens (tertiary/aromatic N) is 2. The normalized spacial score (nSPS) is 11.4. The molecular formula is C12H9FN2O5S. The molecule has 1 heterocycles. The van der Waals surface area contributed by atoms with Crippen molar-refractivity contribution in [2.75, 3.05) is 0 Å². The van der Waals surface area contributed by atoms with E-state index in [9.17, 15) is 27.5 Å². The number of pyridine rings is 1. The highest BCUT2D eigenvalue weighted by Crippen LogP contribution is 2.33. The Morgan fingerprint density at radius 3 is 2.62 bits per heavy atom. The lowest BCUT2D eigenvalue weighted by Crippen LogP contribution is -2.05. The van der Waals surface area contributed by atoms with Gasteiger partial charge in [-0.1, -0.05) is 0 Å². The minimum Gasteiger partial charge on any atom is -0.282 e. The van der Waals surface area contributed by atoms with E-state index in [-0.39, 0.29) is 16.8 Å². The summed E-state index contributed by atoms with van der Waals surface area (Å²) >= 11 is 0. The van der Waals surface area contributed by atoms with Crippen LogP contribution in [-0.2, 0) is 10.1 Å².